The van der Waals surface area contributed by atoms with E-state index in [-0.39, 0.29) is 17.0 Å². The summed E-state index contributed by atoms with van der Waals surface area (Å²) < 4.78 is 23.9. The molecule has 0 aliphatic carbocycles. The molecule has 2 aromatic rings. The molecule has 15 nitrogen and oxygen atoms in total. The van der Waals surface area contributed by atoms with E-state index in [0.717, 1.165) is 0 Å². The van der Waals surface area contributed by atoms with Crippen LogP contribution in [0, 0.1) is 0 Å². The normalized spacial score (nSPS) is 26.6. The van der Waals surface area contributed by atoms with Gasteiger partial charge in [-0.25, -0.2) is 15.0 Å². The van der Waals surface area contributed by atoms with Gasteiger partial charge in [0.25, 0.3) is 0 Å². The molecule has 3 heterocycles. The molecule has 0 aromatic carbocycles. The zero-order valence-corrected chi connectivity index (χ0v) is 16.8. The van der Waals surface area contributed by atoms with Crippen LogP contribution in [0.1, 0.15) is 12.6 Å². The van der Waals surface area contributed by atoms with E-state index in [1.165, 1.54) is 17.2 Å². The van der Waals surface area contributed by atoms with Crippen LogP contribution in [0.25, 0.3) is 11.2 Å². The van der Waals surface area contributed by atoms with Gasteiger partial charge in [0, 0.05) is 0 Å². The molecule has 2 aromatic heterocycles. The zero-order chi connectivity index (χ0) is 22.9. The molecule has 1 saturated heterocycles. The van der Waals surface area contributed by atoms with Gasteiger partial charge in [-0.1, -0.05) is 0 Å². The first-order chi connectivity index (χ1) is 14.5. The van der Waals surface area contributed by atoms with Crippen LogP contribution in [0.3, 0.4) is 0 Å². The number of aliphatic carboxylic acids is 1. The minimum absolute atomic E-state index is 0.101. The summed E-state index contributed by atoms with van der Waals surface area (Å²) in [4.78, 5) is 44.1. The van der Waals surface area contributed by atoms with Gasteiger partial charge in [0.2, 0.25) is 0 Å². The molecular formula is C15H21N6O9P. The van der Waals surface area contributed by atoms with Crippen LogP contribution in [-0.2, 0) is 23.4 Å². The average molecular weight is 460 g/mol. The number of nitrogen functional groups attached to an aromatic ring is 1. The average Bonchev–Trinajstić information content (AvgIpc) is 3.22. The summed E-state index contributed by atoms with van der Waals surface area (Å²) in [5.41, 5.74) is 11.6. The molecular weight excluding hydrogens is 439 g/mol. The predicted octanol–water partition coefficient (Wildman–Crippen LogP) is -2.40. The Labute approximate surface area is 174 Å². The van der Waals surface area contributed by atoms with Crippen molar-refractivity contribution in [2.24, 2.45) is 5.73 Å². The number of carbonyl (C=O) groups excluding carboxylic acids is 1. The van der Waals surface area contributed by atoms with Crippen molar-refractivity contribution in [1.82, 2.24) is 19.5 Å². The van der Waals surface area contributed by atoms with Crippen LogP contribution in [0.4, 0.5) is 5.82 Å². The number of carbonyl (C=O) groups is 2. The highest BCUT2D eigenvalue weighted by atomic mass is 31.2. The Morgan fingerprint density at radius 2 is 2.00 bits per heavy atom. The fourth-order valence-corrected chi connectivity index (χ4v) is 4.10. The molecule has 1 aliphatic rings. The maximum absolute atomic E-state index is 12.1. The molecule has 0 bridgehead atoms. The van der Waals surface area contributed by atoms with E-state index in [1.807, 2.05) is 0 Å². The van der Waals surface area contributed by atoms with E-state index < -0.39 is 69.1 Å². The van der Waals surface area contributed by atoms with Crippen molar-refractivity contribution in [3.05, 3.63) is 12.7 Å². The molecule has 0 radical (unpaired) electrons. The topological polar surface area (TPSA) is 246 Å². The Morgan fingerprint density at radius 1 is 1.29 bits per heavy atom. The third-order valence-electron chi connectivity index (χ3n) is 4.60. The Bertz CT molecular complexity index is 1030. The SMILES string of the molecule is Nc1ncnc2c1ncn2[C@@H]1O[C@H](COP(=O)(O)CC(=O)C(N)CC(=O)O)[C@@H](O)[C@H]1O. The van der Waals surface area contributed by atoms with Crippen molar-refractivity contribution >= 4 is 36.3 Å². The number of ether oxygens (including phenoxy) is 1. The number of nitrogens with two attached hydrogens (primary N) is 2. The molecule has 2 unspecified atom stereocenters. The number of Topliss-reactive ketones (excluding diaryl/α,β-unsaturated/α-hetero) is 1. The van der Waals surface area contributed by atoms with Crippen LogP contribution in [0.5, 0.6) is 0 Å². The van der Waals surface area contributed by atoms with Crippen molar-refractivity contribution in [2.75, 3.05) is 18.5 Å². The first kappa shape index (κ1) is 23.1. The molecule has 0 amide bonds. The first-order valence-corrected chi connectivity index (χ1v) is 10.7. The van der Waals surface area contributed by atoms with Gasteiger partial charge in [0.1, 0.15) is 36.3 Å². The van der Waals surface area contributed by atoms with Crippen LogP contribution in [0.2, 0.25) is 0 Å². The fourth-order valence-electron chi connectivity index (χ4n) is 3.00. The van der Waals surface area contributed by atoms with E-state index >= 15 is 0 Å². The lowest BCUT2D eigenvalue weighted by Gasteiger charge is -2.18. The van der Waals surface area contributed by atoms with E-state index in [9.17, 15) is 29.3 Å². The van der Waals surface area contributed by atoms with Gasteiger partial charge in [0.15, 0.2) is 23.5 Å². The lowest BCUT2D eigenvalue weighted by atomic mass is 10.1. The smallest absolute Gasteiger partial charge is 0.335 e. The van der Waals surface area contributed by atoms with Crippen molar-refractivity contribution in [3.8, 4) is 0 Å². The summed E-state index contributed by atoms with van der Waals surface area (Å²) in [5.74, 6) is -2.21. The molecule has 3 rings (SSSR count). The number of hydrogen-bond acceptors (Lipinski definition) is 12. The minimum atomic E-state index is -4.52. The second-order valence-corrected chi connectivity index (χ2v) is 8.74. The number of rotatable bonds is 9. The van der Waals surface area contributed by atoms with Gasteiger partial charge in [-0.15, -0.1) is 0 Å². The van der Waals surface area contributed by atoms with E-state index in [1.54, 1.807) is 0 Å². The summed E-state index contributed by atoms with van der Waals surface area (Å²) in [7, 11) is -4.52. The lowest BCUT2D eigenvalue weighted by molar-refractivity contribution is -0.139. The van der Waals surface area contributed by atoms with Gasteiger partial charge in [-0.3, -0.25) is 18.7 Å². The highest BCUT2D eigenvalue weighted by Gasteiger charge is 2.45. The third kappa shape index (κ3) is 5.04. The standard InChI is InChI=1S/C15H21N6O9P/c16-6(1-9(23)24)7(22)3-31(27,28)29-2-8-11(25)12(26)15(30-8)21-5-20-10-13(17)18-4-19-14(10)21/h4-6,8,11-12,15,25-26H,1-3,16H2,(H,23,24)(H,27,28)(H2,17,18,19)/t6?,8-,11-,12-,15-/m1/s1. The molecule has 31 heavy (non-hydrogen) atoms. The second kappa shape index (κ2) is 8.92. The van der Waals surface area contributed by atoms with Gasteiger partial charge < -0.3 is 40.9 Å². The number of fused-ring (bicyclic) bond motifs is 1. The Morgan fingerprint density at radius 3 is 2.68 bits per heavy atom. The Hall–Kier alpha value is -2.52. The van der Waals surface area contributed by atoms with E-state index in [0.29, 0.717) is 0 Å². The second-order valence-electron chi connectivity index (χ2n) is 6.89. The Kier molecular flexibility index (Phi) is 6.66. The largest absolute Gasteiger partial charge is 0.481 e. The number of carboxylic acid groups (broad SMARTS) is 1. The quantitative estimate of drug-likeness (QED) is 0.214. The molecule has 8 N–H and O–H groups in total. The molecule has 0 saturated carbocycles. The number of aromatic nitrogens is 4. The summed E-state index contributed by atoms with van der Waals surface area (Å²) in [6, 6.07) is -1.47. The van der Waals surface area contributed by atoms with E-state index in [4.69, 9.17) is 25.8 Å². The number of nitrogens with zero attached hydrogens (tertiary/aromatic N) is 4. The van der Waals surface area contributed by atoms with Gasteiger partial charge in [-0.2, -0.15) is 0 Å². The molecule has 16 heteroatoms. The van der Waals surface area contributed by atoms with Crippen LogP contribution >= 0.6 is 7.60 Å². The van der Waals surface area contributed by atoms with Gasteiger partial charge in [-0.05, 0) is 0 Å². The zero-order valence-electron chi connectivity index (χ0n) is 15.9. The van der Waals surface area contributed by atoms with Gasteiger partial charge >= 0.3 is 13.6 Å². The first-order valence-electron chi connectivity index (χ1n) is 8.91. The highest BCUT2D eigenvalue weighted by molar-refractivity contribution is 7.53. The number of aliphatic hydroxyl groups excluding tert-OH is 2. The maximum atomic E-state index is 12.1. The summed E-state index contributed by atoms with van der Waals surface area (Å²) >= 11 is 0. The van der Waals surface area contributed by atoms with Gasteiger partial charge in [0.05, 0.1) is 25.4 Å². The minimum Gasteiger partial charge on any atom is -0.481 e. The highest BCUT2D eigenvalue weighted by Crippen LogP contribution is 2.43. The molecule has 6 atom stereocenters. The monoisotopic (exact) mass is 460 g/mol. The third-order valence-corrected chi connectivity index (χ3v) is 5.87. The number of anilines is 1. The fraction of sp³-hybridized carbons (Fsp3) is 0.533. The van der Waals surface area contributed by atoms with Crippen LogP contribution in [-0.4, -0.2) is 88.6 Å². The van der Waals surface area contributed by atoms with Crippen molar-refractivity contribution in [3.63, 3.8) is 0 Å². The maximum Gasteiger partial charge on any atom is 0.335 e. The van der Waals surface area contributed by atoms with E-state index in [2.05, 4.69) is 15.0 Å². The molecule has 1 fully saturated rings. The molecule has 1 aliphatic heterocycles. The predicted molar refractivity (Wildman–Crippen MR) is 102 cm³/mol. The number of ketones is 1. The number of hydrogen-bond donors (Lipinski definition) is 6. The Balaban J connectivity index is 1.65. The summed E-state index contributed by atoms with van der Waals surface area (Å²) in [6.07, 6.45) is -4.63. The van der Waals surface area contributed by atoms with Crippen molar-refractivity contribution < 1.29 is 43.6 Å². The summed E-state index contributed by atoms with van der Waals surface area (Å²) in [5, 5.41) is 29.2. The van der Waals surface area contributed by atoms with Crippen molar-refractivity contribution in [1.29, 1.82) is 0 Å². The molecule has 170 valence electrons. The van der Waals surface area contributed by atoms with Crippen LogP contribution < -0.4 is 11.5 Å². The summed E-state index contributed by atoms with van der Waals surface area (Å²) in [6.45, 7) is -0.645. The number of aliphatic hydroxyl groups is 2. The van der Waals surface area contributed by atoms with Crippen LogP contribution in [0.15, 0.2) is 12.7 Å². The lowest BCUT2D eigenvalue weighted by Crippen LogP contribution is -2.36. The number of carboxylic acids is 1. The number of imidazole rings is 1. The molecule has 0 spiro atoms. The van der Waals surface area contributed by atoms with Crippen molar-refractivity contribution in [2.45, 2.75) is 37.0 Å².